The van der Waals surface area contributed by atoms with Gasteiger partial charge in [-0.2, -0.15) is 0 Å². The van der Waals surface area contributed by atoms with Gasteiger partial charge in [-0.25, -0.2) is 4.39 Å². The number of carbonyl (C=O) groups excluding carboxylic acids is 3. The van der Waals surface area contributed by atoms with Crippen LogP contribution in [0.2, 0.25) is 0 Å². The van der Waals surface area contributed by atoms with Crippen LogP contribution in [0, 0.1) is 5.82 Å². The van der Waals surface area contributed by atoms with Crippen LogP contribution in [0.1, 0.15) is 46.3 Å². The molecule has 41 heavy (non-hydrogen) atoms. The summed E-state index contributed by atoms with van der Waals surface area (Å²) < 4.78 is 20.0. The van der Waals surface area contributed by atoms with Crippen LogP contribution in [0.25, 0.3) is 0 Å². The van der Waals surface area contributed by atoms with Crippen molar-refractivity contribution in [2.24, 2.45) is 0 Å². The fourth-order valence-electron chi connectivity index (χ4n) is 5.97. The summed E-state index contributed by atoms with van der Waals surface area (Å²) in [5.41, 5.74) is 3.61. The second-order valence-corrected chi connectivity index (χ2v) is 11.0. The Kier molecular flexibility index (Phi) is 7.80. The van der Waals surface area contributed by atoms with E-state index in [-0.39, 0.29) is 36.2 Å². The Morgan fingerprint density at radius 2 is 1.76 bits per heavy atom. The van der Waals surface area contributed by atoms with Gasteiger partial charge in [-0.1, -0.05) is 42.5 Å². The van der Waals surface area contributed by atoms with E-state index in [1.807, 2.05) is 42.5 Å². The quantitative estimate of drug-likeness (QED) is 0.414. The molecule has 8 nitrogen and oxygen atoms in total. The summed E-state index contributed by atoms with van der Waals surface area (Å²) in [6.07, 6.45) is 1.27. The van der Waals surface area contributed by atoms with Gasteiger partial charge < -0.3 is 15.0 Å². The molecule has 3 unspecified atom stereocenters. The van der Waals surface area contributed by atoms with Crippen LogP contribution in [0.15, 0.2) is 72.8 Å². The number of piperidine rings is 2. The minimum Gasteiger partial charge on any atom is -0.487 e. The summed E-state index contributed by atoms with van der Waals surface area (Å²) in [5.74, 6) is -0.504. The molecule has 3 aromatic rings. The number of nitrogens with one attached hydrogen (secondary N) is 2. The maximum atomic E-state index is 13.4. The summed E-state index contributed by atoms with van der Waals surface area (Å²) >= 11 is 0. The molecule has 0 saturated carbocycles. The molecule has 6 rings (SSSR count). The molecule has 0 spiro atoms. The van der Waals surface area contributed by atoms with E-state index < -0.39 is 11.9 Å². The zero-order valence-electron chi connectivity index (χ0n) is 22.7. The number of carbonyl (C=O) groups is 3. The van der Waals surface area contributed by atoms with E-state index in [0.717, 1.165) is 30.6 Å². The van der Waals surface area contributed by atoms with Crippen molar-refractivity contribution in [3.05, 3.63) is 101 Å². The third kappa shape index (κ3) is 6.16. The lowest BCUT2D eigenvalue weighted by Crippen LogP contribution is -2.54. The fourth-order valence-corrected chi connectivity index (χ4v) is 5.97. The molecular weight excluding hydrogens is 523 g/mol. The Morgan fingerprint density at radius 3 is 2.54 bits per heavy atom. The van der Waals surface area contributed by atoms with Crippen molar-refractivity contribution in [3.63, 3.8) is 0 Å². The largest absolute Gasteiger partial charge is 0.487 e. The topological polar surface area (TPSA) is 91.0 Å². The molecule has 3 aliphatic heterocycles. The maximum Gasteiger partial charge on any atom is 0.255 e. The number of likely N-dealkylation sites (tertiary alicyclic amines) is 1. The van der Waals surface area contributed by atoms with Crippen molar-refractivity contribution in [1.82, 2.24) is 20.4 Å². The molecule has 0 aromatic heterocycles. The fraction of sp³-hybridized carbons (Fsp3) is 0.344. The molecule has 9 heteroatoms. The zero-order chi connectivity index (χ0) is 28.3. The molecule has 2 fully saturated rings. The standard InChI is InChI=1S/C32H33FN4O4/c33-24-8-6-22(7-9-24)18-36-15-14-27(34-17-21-4-2-1-3-5-21)29(20-36)41-25-10-11-26-23(16-25)19-37(32(26)40)28-12-13-30(38)35-31(28)39/h1-11,16,27-29,34H,12-15,17-20H2,(H,35,38,39). The normalized spacial score (nSPS) is 22.9. The lowest BCUT2D eigenvalue weighted by Gasteiger charge is -2.39. The van der Waals surface area contributed by atoms with E-state index in [4.69, 9.17) is 4.74 Å². The van der Waals surface area contributed by atoms with Crippen LogP contribution in [-0.2, 0) is 29.2 Å². The van der Waals surface area contributed by atoms with Gasteiger partial charge in [-0.3, -0.25) is 24.6 Å². The van der Waals surface area contributed by atoms with Gasteiger partial charge >= 0.3 is 0 Å². The zero-order valence-corrected chi connectivity index (χ0v) is 22.7. The van der Waals surface area contributed by atoms with Crippen LogP contribution in [0.5, 0.6) is 5.75 Å². The van der Waals surface area contributed by atoms with Crippen LogP contribution < -0.4 is 15.4 Å². The number of nitrogens with zero attached hydrogens (tertiary/aromatic N) is 2. The number of benzene rings is 3. The minimum atomic E-state index is -0.651. The van der Waals surface area contributed by atoms with Crippen LogP contribution in [0.4, 0.5) is 4.39 Å². The summed E-state index contributed by atoms with van der Waals surface area (Å²) in [7, 11) is 0. The minimum absolute atomic E-state index is 0.106. The smallest absolute Gasteiger partial charge is 0.255 e. The highest BCUT2D eigenvalue weighted by atomic mass is 19.1. The third-order valence-corrected chi connectivity index (χ3v) is 8.16. The summed E-state index contributed by atoms with van der Waals surface area (Å²) in [6, 6.07) is 21.8. The summed E-state index contributed by atoms with van der Waals surface area (Å²) in [5, 5.41) is 6.03. The average molecular weight is 557 g/mol. The van der Waals surface area contributed by atoms with E-state index >= 15 is 0 Å². The Labute approximate surface area is 238 Å². The number of imide groups is 1. The average Bonchev–Trinajstić information content (AvgIpc) is 3.29. The highest BCUT2D eigenvalue weighted by Gasteiger charge is 2.39. The lowest BCUT2D eigenvalue weighted by molar-refractivity contribution is -0.136. The van der Waals surface area contributed by atoms with Gasteiger partial charge in [0.05, 0.1) is 0 Å². The number of amides is 3. The van der Waals surface area contributed by atoms with Crippen molar-refractivity contribution in [1.29, 1.82) is 0 Å². The van der Waals surface area contributed by atoms with Crippen molar-refractivity contribution in [3.8, 4) is 5.75 Å². The number of halogens is 1. The molecule has 2 N–H and O–H groups in total. The first-order valence-corrected chi connectivity index (χ1v) is 14.1. The van der Waals surface area contributed by atoms with E-state index in [1.54, 1.807) is 11.0 Å². The molecule has 3 heterocycles. The van der Waals surface area contributed by atoms with E-state index in [0.29, 0.717) is 37.4 Å². The molecular formula is C32H33FN4O4. The summed E-state index contributed by atoms with van der Waals surface area (Å²) in [6.45, 7) is 3.29. The molecule has 3 amide bonds. The molecule has 3 atom stereocenters. The molecule has 3 aromatic carbocycles. The van der Waals surface area contributed by atoms with Gasteiger partial charge in [-0.15, -0.1) is 0 Å². The van der Waals surface area contributed by atoms with Gasteiger partial charge in [0.15, 0.2) is 0 Å². The van der Waals surface area contributed by atoms with Gasteiger partial charge in [-0.05, 0) is 59.9 Å². The third-order valence-electron chi connectivity index (χ3n) is 8.16. The Morgan fingerprint density at radius 1 is 0.951 bits per heavy atom. The maximum absolute atomic E-state index is 13.4. The lowest BCUT2D eigenvalue weighted by atomic mass is 10.00. The van der Waals surface area contributed by atoms with E-state index in [1.165, 1.54) is 17.7 Å². The molecule has 0 radical (unpaired) electrons. The van der Waals surface area contributed by atoms with Crippen molar-refractivity contribution >= 4 is 17.7 Å². The Hall–Kier alpha value is -4.08. The molecule has 0 bridgehead atoms. The van der Waals surface area contributed by atoms with Crippen molar-refractivity contribution < 1.29 is 23.5 Å². The highest BCUT2D eigenvalue weighted by Crippen LogP contribution is 2.31. The van der Waals surface area contributed by atoms with E-state index in [9.17, 15) is 18.8 Å². The van der Waals surface area contributed by atoms with Gasteiger partial charge in [0.2, 0.25) is 11.8 Å². The molecule has 0 aliphatic carbocycles. The predicted octanol–water partition coefficient (Wildman–Crippen LogP) is 3.40. The van der Waals surface area contributed by atoms with Crippen LogP contribution in [-0.4, -0.2) is 58.8 Å². The monoisotopic (exact) mass is 556 g/mol. The summed E-state index contributed by atoms with van der Waals surface area (Å²) in [4.78, 5) is 41.0. The SMILES string of the molecule is O=C1CCC(N2Cc3cc(OC4CN(Cc5ccc(F)cc5)CCC4NCc4ccccc4)ccc3C2=O)C(=O)N1. The predicted molar refractivity (Wildman–Crippen MR) is 150 cm³/mol. The number of fused-ring (bicyclic) bond motifs is 1. The second-order valence-electron chi connectivity index (χ2n) is 11.0. The highest BCUT2D eigenvalue weighted by molar-refractivity contribution is 6.05. The van der Waals surface area contributed by atoms with Crippen molar-refractivity contribution in [2.75, 3.05) is 13.1 Å². The number of rotatable bonds is 8. The number of hydrogen-bond acceptors (Lipinski definition) is 6. The van der Waals surface area contributed by atoms with Gasteiger partial charge in [0.1, 0.15) is 23.7 Å². The molecule has 212 valence electrons. The first-order chi connectivity index (χ1) is 19.9. The molecule has 3 aliphatic rings. The second kappa shape index (κ2) is 11.8. The van der Waals surface area contributed by atoms with Crippen LogP contribution in [0.3, 0.4) is 0 Å². The first-order valence-electron chi connectivity index (χ1n) is 14.1. The number of hydrogen-bond donors (Lipinski definition) is 2. The Balaban J connectivity index is 1.17. The first kappa shape index (κ1) is 27.1. The van der Waals surface area contributed by atoms with Gasteiger partial charge in [0.25, 0.3) is 5.91 Å². The van der Waals surface area contributed by atoms with Gasteiger partial charge in [0, 0.05) is 50.7 Å². The van der Waals surface area contributed by atoms with E-state index in [2.05, 4.69) is 27.7 Å². The number of ether oxygens (including phenoxy) is 1. The molecule has 2 saturated heterocycles. The Bertz CT molecular complexity index is 1430. The van der Waals surface area contributed by atoms with Crippen LogP contribution >= 0.6 is 0 Å². The van der Waals surface area contributed by atoms with Crippen molar-refractivity contribution in [2.45, 2.75) is 57.1 Å².